The van der Waals surface area contributed by atoms with E-state index in [0.29, 0.717) is 17.8 Å². The van der Waals surface area contributed by atoms with Crippen molar-refractivity contribution in [1.29, 1.82) is 0 Å². The van der Waals surface area contributed by atoms with Crippen LogP contribution in [0.4, 0.5) is 0 Å². The normalized spacial score (nSPS) is 11.3. The van der Waals surface area contributed by atoms with Gasteiger partial charge in [0.25, 0.3) is 0 Å². The number of rotatable bonds is 8. The first kappa shape index (κ1) is 46.3. The number of aryl methyl sites for hydroxylation is 6. The van der Waals surface area contributed by atoms with E-state index in [2.05, 4.69) is 240 Å². The lowest BCUT2D eigenvalue weighted by Gasteiger charge is -2.08. The molecule has 65 heavy (non-hydrogen) atoms. The molecule has 0 atom stereocenters. The molecule has 5 heterocycles. The van der Waals surface area contributed by atoms with Gasteiger partial charge in [0, 0.05) is 53.9 Å². The fourth-order valence-electron chi connectivity index (χ4n) is 8.74. The Bertz CT molecular complexity index is 2970. The second-order valence-electron chi connectivity index (χ2n) is 18.8. The zero-order valence-corrected chi connectivity index (χ0v) is 40.7. The van der Waals surface area contributed by atoms with Crippen molar-refractivity contribution in [2.24, 2.45) is 33.0 Å². The first-order valence-corrected chi connectivity index (χ1v) is 23.2. The molecule has 6 nitrogen and oxygen atoms in total. The number of nitrogens with zero attached hydrogens (tertiary/aromatic N) is 6. The Hall–Kier alpha value is -6.66. The van der Waals surface area contributed by atoms with Gasteiger partial charge < -0.3 is 0 Å². The van der Waals surface area contributed by atoms with E-state index in [1.165, 1.54) is 78.0 Å². The zero-order chi connectivity index (χ0) is 46.4. The predicted molar refractivity (Wildman–Crippen MR) is 270 cm³/mol. The monoisotopic (exact) mass is 860 g/mol. The summed E-state index contributed by atoms with van der Waals surface area (Å²) in [6.07, 6.45) is 8.14. The van der Waals surface area contributed by atoms with E-state index in [1.807, 2.05) is 18.6 Å². The molecule has 0 radical (unpaired) electrons. The molecule has 9 aromatic rings. The van der Waals surface area contributed by atoms with Gasteiger partial charge in [0.1, 0.15) is 43.9 Å². The first-order chi connectivity index (χ1) is 31.2. The van der Waals surface area contributed by atoms with Crippen LogP contribution in [0.1, 0.15) is 80.8 Å². The molecule has 0 aliphatic heterocycles. The Morgan fingerprint density at radius 3 is 1.26 bits per heavy atom. The molecule has 0 aliphatic rings. The lowest BCUT2D eigenvalue weighted by Crippen LogP contribution is -2.32. The van der Waals surface area contributed by atoms with Crippen LogP contribution >= 0.6 is 0 Å². The molecule has 330 valence electrons. The second-order valence-corrected chi connectivity index (χ2v) is 18.8. The molecule has 0 spiro atoms. The van der Waals surface area contributed by atoms with Gasteiger partial charge in [-0.2, -0.15) is 13.7 Å². The summed E-state index contributed by atoms with van der Waals surface area (Å²) < 4.78 is 6.76. The van der Waals surface area contributed by atoms with Crippen molar-refractivity contribution < 1.29 is 13.7 Å². The molecule has 0 aliphatic carbocycles. The van der Waals surface area contributed by atoms with Crippen molar-refractivity contribution in [3.05, 3.63) is 179 Å². The molecule has 0 bridgehead atoms. The van der Waals surface area contributed by atoms with Crippen LogP contribution in [-0.4, -0.2) is 15.0 Å². The Balaban J connectivity index is 0.000000145. The molecule has 9 rings (SSSR count). The summed E-state index contributed by atoms with van der Waals surface area (Å²) in [4.78, 5) is 13.9. The summed E-state index contributed by atoms with van der Waals surface area (Å²) in [6.45, 7) is 19.9. The Kier molecular flexibility index (Phi) is 14.6. The number of fused-ring (bicyclic) bond motifs is 3. The third-order valence-corrected chi connectivity index (χ3v) is 12.4. The minimum Gasteiger partial charge on any atom is -0.250 e. The van der Waals surface area contributed by atoms with Crippen LogP contribution in [0, 0.1) is 32.6 Å². The fraction of sp³-hybridized carbons (Fsp3) is 0.288. The molecule has 0 fully saturated rings. The van der Waals surface area contributed by atoms with E-state index in [4.69, 9.17) is 0 Å². The van der Waals surface area contributed by atoms with Crippen LogP contribution in [0.25, 0.3) is 66.9 Å². The third kappa shape index (κ3) is 10.7. The minimum atomic E-state index is 0.490. The second kappa shape index (κ2) is 20.5. The predicted octanol–water partition coefficient (Wildman–Crippen LogP) is 12.6. The van der Waals surface area contributed by atoms with Gasteiger partial charge in [-0.25, -0.2) is 15.0 Å². The maximum Gasteiger partial charge on any atom is 0.231 e. The molecular weight excluding hydrogens is 793 g/mol. The maximum absolute atomic E-state index is 4.66. The smallest absolute Gasteiger partial charge is 0.231 e. The highest BCUT2D eigenvalue weighted by molar-refractivity contribution is 5.76. The van der Waals surface area contributed by atoms with Crippen LogP contribution in [-0.2, 0) is 34.0 Å². The summed E-state index contributed by atoms with van der Waals surface area (Å²) in [5.41, 5.74) is 21.9. The molecule has 0 amide bonds. The molecular formula is C59H67N6+3. The van der Waals surface area contributed by atoms with E-state index in [9.17, 15) is 0 Å². The van der Waals surface area contributed by atoms with Gasteiger partial charge in [-0.3, -0.25) is 0 Å². The van der Waals surface area contributed by atoms with Gasteiger partial charge in [-0.15, -0.1) is 0 Å². The quantitative estimate of drug-likeness (QED) is 0.143. The minimum absolute atomic E-state index is 0.490. The number of benzene rings is 4. The van der Waals surface area contributed by atoms with Crippen molar-refractivity contribution in [2.45, 2.75) is 81.1 Å². The Morgan fingerprint density at radius 1 is 0.400 bits per heavy atom. The van der Waals surface area contributed by atoms with Crippen LogP contribution in [0.15, 0.2) is 146 Å². The lowest BCUT2D eigenvalue weighted by molar-refractivity contribution is -0.634. The third-order valence-electron chi connectivity index (χ3n) is 12.4. The van der Waals surface area contributed by atoms with Gasteiger partial charge in [0.15, 0.2) is 0 Å². The average Bonchev–Trinajstić information content (AvgIpc) is 3.28. The highest BCUT2D eigenvalue weighted by Gasteiger charge is 2.20. The fourth-order valence-corrected chi connectivity index (χ4v) is 8.74. The van der Waals surface area contributed by atoms with E-state index < -0.39 is 0 Å². The average molecular weight is 860 g/mol. The molecule has 5 aromatic heterocycles. The van der Waals surface area contributed by atoms with Crippen molar-refractivity contribution in [3.63, 3.8) is 0 Å². The molecule has 0 unspecified atom stereocenters. The van der Waals surface area contributed by atoms with Crippen LogP contribution in [0.2, 0.25) is 0 Å². The van der Waals surface area contributed by atoms with E-state index in [0.717, 1.165) is 35.1 Å². The van der Waals surface area contributed by atoms with Crippen LogP contribution in [0.5, 0.6) is 0 Å². The summed E-state index contributed by atoms with van der Waals surface area (Å²) in [6, 6.07) is 45.2. The molecule has 0 N–H and O–H groups in total. The molecule has 6 heteroatoms. The van der Waals surface area contributed by atoms with Gasteiger partial charge in [0.2, 0.25) is 33.6 Å². The van der Waals surface area contributed by atoms with Crippen molar-refractivity contribution in [2.75, 3.05) is 0 Å². The van der Waals surface area contributed by atoms with Crippen molar-refractivity contribution >= 4 is 33.1 Å². The van der Waals surface area contributed by atoms with E-state index >= 15 is 0 Å². The summed E-state index contributed by atoms with van der Waals surface area (Å²) in [7, 11) is 6.38. The van der Waals surface area contributed by atoms with Crippen LogP contribution in [0.3, 0.4) is 0 Å². The topological polar surface area (TPSA) is 50.3 Å². The van der Waals surface area contributed by atoms with Gasteiger partial charge in [0.05, 0.1) is 5.56 Å². The summed E-state index contributed by atoms with van der Waals surface area (Å²) >= 11 is 0. The number of hydrogen-bond donors (Lipinski definition) is 0. The molecule has 0 saturated heterocycles. The largest absolute Gasteiger partial charge is 0.250 e. The van der Waals surface area contributed by atoms with Gasteiger partial charge in [-0.05, 0) is 121 Å². The standard InChI is InChI=1S/2C20H23N2.C19H21N2/c1-14(2)11-16-12-20-18(21-13-16)9-10-19(22(20)4)17-8-6-5-7-15(17)3;1-14(2)11-16-9-10-18-19(12-16)22(4)20(13-21-18)17-8-6-5-7-15(17)3;1-13(2)15-11-19-17(20-12-15)9-10-18(21(19)4)16-8-6-5-7-14(16)3/h2*5-10,12-14H,11H2,1-4H3;5-13H,1-4H3/q3*+1. The highest BCUT2D eigenvalue weighted by atomic mass is 15.0. The van der Waals surface area contributed by atoms with E-state index in [1.54, 1.807) is 0 Å². The van der Waals surface area contributed by atoms with Crippen molar-refractivity contribution in [1.82, 2.24) is 15.0 Å². The summed E-state index contributed by atoms with van der Waals surface area (Å²) in [5.74, 6) is 1.79. The number of hydrogen-bond acceptors (Lipinski definition) is 3. The summed E-state index contributed by atoms with van der Waals surface area (Å²) in [5, 5.41) is 0. The van der Waals surface area contributed by atoms with E-state index in [-0.39, 0.29) is 0 Å². The van der Waals surface area contributed by atoms with Gasteiger partial charge in [-0.1, -0.05) is 102 Å². The van der Waals surface area contributed by atoms with Gasteiger partial charge >= 0.3 is 0 Å². The number of pyridine rings is 4. The lowest BCUT2D eigenvalue weighted by atomic mass is 10.0. The SMILES string of the molecule is Cc1ccccc1-c1ccc2ncc(C(C)C)cc2[n+]1C.Cc1ccccc1-c1ccc2ncc(CC(C)C)cc2[n+]1C.Cc1ccccc1-c1cnc2ccc(CC(C)C)cc2[n+]1C. The molecule has 4 aromatic carbocycles. The zero-order valence-electron chi connectivity index (χ0n) is 40.7. The maximum atomic E-state index is 4.66. The van der Waals surface area contributed by atoms with Crippen molar-refractivity contribution in [3.8, 4) is 33.8 Å². The van der Waals surface area contributed by atoms with Crippen LogP contribution < -0.4 is 13.7 Å². The number of aromatic nitrogens is 6. The first-order valence-electron chi connectivity index (χ1n) is 23.2. The highest BCUT2D eigenvalue weighted by Crippen LogP contribution is 2.26. The Morgan fingerprint density at radius 2 is 0.785 bits per heavy atom. The Labute approximate surface area is 387 Å². The molecule has 0 saturated carbocycles.